The van der Waals surface area contributed by atoms with E-state index in [0.717, 1.165) is 18.7 Å². The van der Waals surface area contributed by atoms with E-state index in [4.69, 9.17) is 5.26 Å². The molecule has 0 heterocycles. The van der Waals surface area contributed by atoms with Crippen LogP contribution in [0, 0.1) is 27.4 Å². The van der Waals surface area contributed by atoms with Crippen molar-refractivity contribution in [2.24, 2.45) is 5.92 Å². The zero-order chi connectivity index (χ0) is 13.7. The molecule has 5 heteroatoms. The first kappa shape index (κ1) is 14.0. The number of nitrogens with zero attached hydrogens (tertiary/aromatic N) is 3. The van der Waals surface area contributed by atoms with Gasteiger partial charge in [-0.1, -0.05) is 20.3 Å². The van der Waals surface area contributed by atoms with Crippen LogP contribution in [0.15, 0.2) is 18.2 Å². The van der Waals surface area contributed by atoms with Gasteiger partial charge in [-0.3, -0.25) is 10.1 Å². The van der Waals surface area contributed by atoms with E-state index in [1.54, 1.807) is 12.1 Å². The summed E-state index contributed by atoms with van der Waals surface area (Å²) in [5.41, 5.74) is 0.796. The lowest BCUT2D eigenvalue weighted by Crippen LogP contribution is -2.23. The molecule has 0 aliphatic heterocycles. The average Bonchev–Trinajstić information content (AvgIpc) is 2.37. The van der Waals surface area contributed by atoms with E-state index in [-0.39, 0.29) is 11.3 Å². The molecular weight excluding hydrogens is 230 g/mol. The molecule has 5 nitrogen and oxygen atoms in total. The van der Waals surface area contributed by atoms with Crippen LogP contribution in [0.25, 0.3) is 0 Å². The number of hydrogen-bond acceptors (Lipinski definition) is 4. The van der Waals surface area contributed by atoms with Crippen molar-refractivity contribution in [1.29, 1.82) is 5.26 Å². The SMILES string of the molecule is CCC(C)CN(C)c1ccc([N+](=O)[O-])c(C#N)c1. The van der Waals surface area contributed by atoms with Crippen molar-refractivity contribution in [1.82, 2.24) is 0 Å². The van der Waals surface area contributed by atoms with Crippen LogP contribution < -0.4 is 4.90 Å². The molecule has 0 aromatic heterocycles. The molecule has 1 atom stereocenters. The summed E-state index contributed by atoms with van der Waals surface area (Å²) in [7, 11) is 1.93. The summed E-state index contributed by atoms with van der Waals surface area (Å²) in [6.07, 6.45) is 1.07. The number of nitriles is 1. The van der Waals surface area contributed by atoms with E-state index in [9.17, 15) is 10.1 Å². The Morgan fingerprint density at radius 3 is 2.72 bits per heavy atom. The van der Waals surface area contributed by atoms with Crippen LogP contribution in [-0.4, -0.2) is 18.5 Å². The van der Waals surface area contributed by atoms with Crippen molar-refractivity contribution in [3.05, 3.63) is 33.9 Å². The second kappa shape index (κ2) is 6.01. The van der Waals surface area contributed by atoms with Gasteiger partial charge in [0.2, 0.25) is 0 Å². The zero-order valence-corrected chi connectivity index (χ0v) is 10.9. The minimum atomic E-state index is -0.531. The number of anilines is 1. The van der Waals surface area contributed by atoms with E-state index in [1.165, 1.54) is 6.07 Å². The molecule has 1 unspecified atom stereocenters. The van der Waals surface area contributed by atoms with Gasteiger partial charge in [-0.05, 0) is 18.1 Å². The molecule has 0 aliphatic rings. The Hall–Kier alpha value is -2.09. The lowest BCUT2D eigenvalue weighted by atomic mass is 10.1. The molecular formula is C13H17N3O2. The fourth-order valence-electron chi connectivity index (χ4n) is 1.71. The maximum Gasteiger partial charge on any atom is 0.287 e. The quantitative estimate of drug-likeness (QED) is 0.592. The van der Waals surface area contributed by atoms with Crippen molar-refractivity contribution < 1.29 is 4.92 Å². The normalized spacial score (nSPS) is 11.7. The third-order valence-corrected chi connectivity index (χ3v) is 3.02. The van der Waals surface area contributed by atoms with Crippen LogP contribution in [0.5, 0.6) is 0 Å². The van der Waals surface area contributed by atoms with Gasteiger partial charge in [0.25, 0.3) is 5.69 Å². The van der Waals surface area contributed by atoms with Gasteiger partial charge in [0, 0.05) is 25.3 Å². The molecule has 1 aromatic carbocycles. The van der Waals surface area contributed by atoms with Gasteiger partial charge in [0.05, 0.1) is 4.92 Å². The molecule has 18 heavy (non-hydrogen) atoms. The van der Waals surface area contributed by atoms with E-state index < -0.39 is 4.92 Å². The fraction of sp³-hybridized carbons (Fsp3) is 0.462. The van der Waals surface area contributed by atoms with Gasteiger partial charge in [-0.25, -0.2) is 0 Å². The van der Waals surface area contributed by atoms with Crippen molar-refractivity contribution in [2.45, 2.75) is 20.3 Å². The van der Waals surface area contributed by atoms with Crippen LogP contribution in [0.3, 0.4) is 0 Å². The fourth-order valence-corrected chi connectivity index (χ4v) is 1.71. The Morgan fingerprint density at radius 2 is 2.22 bits per heavy atom. The molecule has 0 spiro atoms. The lowest BCUT2D eigenvalue weighted by Gasteiger charge is -2.22. The number of nitro groups is 1. The van der Waals surface area contributed by atoms with Crippen LogP contribution in [0.4, 0.5) is 11.4 Å². The lowest BCUT2D eigenvalue weighted by molar-refractivity contribution is -0.385. The molecule has 0 radical (unpaired) electrons. The predicted octanol–water partition coefficient (Wildman–Crippen LogP) is 2.95. The predicted molar refractivity (Wildman–Crippen MR) is 70.5 cm³/mol. The van der Waals surface area contributed by atoms with Crippen molar-refractivity contribution in [3.8, 4) is 6.07 Å². The third-order valence-electron chi connectivity index (χ3n) is 3.02. The second-order valence-corrected chi connectivity index (χ2v) is 4.46. The molecule has 0 bridgehead atoms. The summed E-state index contributed by atoms with van der Waals surface area (Å²) >= 11 is 0. The summed E-state index contributed by atoms with van der Waals surface area (Å²) in [5, 5.41) is 19.7. The molecule has 1 aromatic rings. The minimum absolute atomic E-state index is 0.105. The number of nitro benzene ring substituents is 1. The first-order chi connectivity index (χ1) is 8.49. The molecule has 96 valence electrons. The molecule has 0 saturated carbocycles. The second-order valence-electron chi connectivity index (χ2n) is 4.46. The Balaban J connectivity index is 2.99. The highest BCUT2D eigenvalue weighted by atomic mass is 16.6. The van der Waals surface area contributed by atoms with Crippen LogP contribution in [0.1, 0.15) is 25.8 Å². The molecule has 0 N–H and O–H groups in total. The van der Waals surface area contributed by atoms with Gasteiger partial charge in [-0.15, -0.1) is 0 Å². The zero-order valence-electron chi connectivity index (χ0n) is 10.9. The minimum Gasteiger partial charge on any atom is -0.374 e. The highest BCUT2D eigenvalue weighted by Gasteiger charge is 2.15. The average molecular weight is 247 g/mol. The Bertz CT molecular complexity index is 480. The highest BCUT2D eigenvalue weighted by Crippen LogP contribution is 2.24. The largest absolute Gasteiger partial charge is 0.374 e. The van der Waals surface area contributed by atoms with Gasteiger partial charge < -0.3 is 4.90 Å². The van der Waals surface area contributed by atoms with Crippen LogP contribution in [0.2, 0.25) is 0 Å². The summed E-state index contributed by atoms with van der Waals surface area (Å²) in [5.74, 6) is 0.538. The third kappa shape index (κ3) is 3.20. The van der Waals surface area contributed by atoms with Crippen molar-refractivity contribution in [3.63, 3.8) is 0 Å². The van der Waals surface area contributed by atoms with E-state index in [1.807, 2.05) is 18.0 Å². The maximum atomic E-state index is 10.7. The molecule has 0 aliphatic carbocycles. The van der Waals surface area contributed by atoms with E-state index in [0.29, 0.717) is 5.92 Å². The van der Waals surface area contributed by atoms with Gasteiger partial charge in [0.15, 0.2) is 0 Å². The summed E-state index contributed by atoms with van der Waals surface area (Å²) in [6, 6.07) is 6.51. The number of benzene rings is 1. The summed E-state index contributed by atoms with van der Waals surface area (Å²) in [4.78, 5) is 12.2. The Kier molecular flexibility index (Phi) is 4.67. The van der Waals surface area contributed by atoms with Gasteiger partial charge >= 0.3 is 0 Å². The van der Waals surface area contributed by atoms with Crippen LogP contribution >= 0.6 is 0 Å². The topological polar surface area (TPSA) is 70.2 Å². The Morgan fingerprint density at radius 1 is 1.56 bits per heavy atom. The van der Waals surface area contributed by atoms with Gasteiger partial charge in [0.1, 0.15) is 11.6 Å². The first-order valence-electron chi connectivity index (χ1n) is 5.89. The van der Waals surface area contributed by atoms with Crippen LogP contribution in [-0.2, 0) is 0 Å². The molecule has 0 fully saturated rings. The molecule has 1 rings (SSSR count). The van der Waals surface area contributed by atoms with Gasteiger partial charge in [-0.2, -0.15) is 5.26 Å². The standard InChI is InChI=1S/C13H17N3O2/c1-4-10(2)9-15(3)12-5-6-13(16(17)18)11(7-12)8-14/h5-7,10H,4,9H2,1-3H3. The maximum absolute atomic E-state index is 10.7. The monoisotopic (exact) mass is 247 g/mol. The highest BCUT2D eigenvalue weighted by molar-refractivity contribution is 5.59. The van der Waals surface area contributed by atoms with Crippen molar-refractivity contribution in [2.75, 3.05) is 18.5 Å². The van der Waals surface area contributed by atoms with E-state index in [2.05, 4.69) is 13.8 Å². The van der Waals surface area contributed by atoms with Crippen molar-refractivity contribution >= 4 is 11.4 Å². The summed E-state index contributed by atoms with van der Waals surface area (Å²) in [6.45, 7) is 5.13. The summed E-state index contributed by atoms with van der Waals surface area (Å²) < 4.78 is 0. The smallest absolute Gasteiger partial charge is 0.287 e. The molecule has 0 amide bonds. The molecule has 0 saturated heterocycles. The van der Waals surface area contributed by atoms with E-state index >= 15 is 0 Å². The Labute approximate surface area is 107 Å². The first-order valence-corrected chi connectivity index (χ1v) is 5.89. The number of hydrogen-bond donors (Lipinski definition) is 0. The number of rotatable bonds is 5.